The Balaban J connectivity index is 2.28. The SMILES string of the molecule is CCC[C@H](C)NC(=O)CSc1nc2ccccc2c(=O)n1[C@H](C)COC. The Labute approximate surface area is 158 Å². The molecule has 142 valence electrons. The molecule has 0 aliphatic carbocycles. The Kier molecular flexibility index (Phi) is 7.66. The Morgan fingerprint density at radius 3 is 2.77 bits per heavy atom. The summed E-state index contributed by atoms with van der Waals surface area (Å²) in [5.74, 6) is 0.169. The van der Waals surface area contributed by atoms with Gasteiger partial charge in [-0.2, -0.15) is 0 Å². The average molecular weight is 378 g/mol. The van der Waals surface area contributed by atoms with Crippen LogP contribution in [0, 0.1) is 0 Å². The molecule has 0 spiro atoms. The molecule has 26 heavy (non-hydrogen) atoms. The summed E-state index contributed by atoms with van der Waals surface area (Å²) < 4.78 is 6.83. The zero-order valence-corrected chi connectivity index (χ0v) is 16.6. The summed E-state index contributed by atoms with van der Waals surface area (Å²) in [4.78, 5) is 29.7. The Hall–Kier alpha value is -1.86. The lowest BCUT2D eigenvalue weighted by Gasteiger charge is -2.19. The first-order valence-corrected chi connectivity index (χ1v) is 9.88. The maximum atomic E-state index is 12.9. The number of thioether (sulfide) groups is 1. The first kappa shape index (κ1) is 20.5. The highest BCUT2D eigenvalue weighted by atomic mass is 32.2. The van der Waals surface area contributed by atoms with Crippen molar-refractivity contribution < 1.29 is 9.53 Å². The molecule has 0 bridgehead atoms. The van der Waals surface area contributed by atoms with Crippen LogP contribution in [0.1, 0.15) is 39.7 Å². The maximum absolute atomic E-state index is 12.9. The van der Waals surface area contributed by atoms with E-state index in [1.54, 1.807) is 17.7 Å². The number of para-hydroxylation sites is 1. The van der Waals surface area contributed by atoms with Crippen LogP contribution in [0.25, 0.3) is 10.9 Å². The molecule has 1 aromatic heterocycles. The number of carbonyl (C=O) groups excluding carboxylic acids is 1. The second kappa shape index (κ2) is 9.73. The van der Waals surface area contributed by atoms with E-state index in [9.17, 15) is 9.59 Å². The number of methoxy groups -OCH3 is 1. The second-order valence-electron chi connectivity index (χ2n) is 6.44. The van der Waals surface area contributed by atoms with Gasteiger partial charge in [0, 0.05) is 13.2 Å². The molecule has 0 saturated heterocycles. The van der Waals surface area contributed by atoms with E-state index < -0.39 is 0 Å². The predicted octanol–water partition coefficient (Wildman–Crippen LogP) is 3.00. The normalized spacial score (nSPS) is 13.5. The number of nitrogens with one attached hydrogen (secondary N) is 1. The van der Waals surface area contributed by atoms with Crippen molar-refractivity contribution in [2.75, 3.05) is 19.5 Å². The van der Waals surface area contributed by atoms with Crippen molar-refractivity contribution in [3.05, 3.63) is 34.6 Å². The molecular weight excluding hydrogens is 350 g/mol. The predicted molar refractivity (Wildman–Crippen MR) is 106 cm³/mol. The van der Waals surface area contributed by atoms with Crippen molar-refractivity contribution in [1.29, 1.82) is 0 Å². The third-order valence-corrected chi connectivity index (χ3v) is 5.04. The highest BCUT2D eigenvalue weighted by Gasteiger charge is 2.18. The molecule has 1 amide bonds. The van der Waals surface area contributed by atoms with Crippen molar-refractivity contribution in [2.24, 2.45) is 0 Å². The first-order chi connectivity index (χ1) is 12.5. The highest BCUT2D eigenvalue weighted by Crippen LogP contribution is 2.21. The van der Waals surface area contributed by atoms with Crippen molar-refractivity contribution in [3.8, 4) is 0 Å². The van der Waals surface area contributed by atoms with Crippen LogP contribution in [-0.4, -0.2) is 41.0 Å². The smallest absolute Gasteiger partial charge is 0.262 e. The minimum absolute atomic E-state index is 0.0516. The summed E-state index contributed by atoms with van der Waals surface area (Å²) in [6.07, 6.45) is 1.97. The van der Waals surface area contributed by atoms with Gasteiger partial charge in [0.05, 0.1) is 29.3 Å². The van der Waals surface area contributed by atoms with Gasteiger partial charge in [-0.15, -0.1) is 0 Å². The number of amides is 1. The summed E-state index contributed by atoms with van der Waals surface area (Å²) in [6.45, 7) is 6.39. The summed E-state index contributed by atoms with van der Waals surface area (Å²) in [7, 11) is 1.60. The molecule has 1 heterocycles. The molecule has 0 radical (unpaired) electrons. The van der Waals surface area contributed by atoms with Crippen LogP contribution in [-0.2, 0) is 9.53 Å². The van der Waals surface area contributed by atoms with Gasteiger partial charge >= 0.3 is 0 Å². The number of fused-ring (bicyclic) bond motifs is 1. The van der Waals surface area contributed by atoms with Gasteiger partial charge in [-0.25, -0.2) is 4.98 Å². The Morgan fingerprint density at radius 2 is 2.08 bits per heavy atom. The molecule has 0 fully saturated rings. The van der Waals surface area contributed by atoms with E-state index >= 15 is 0 Å². The molecule has 2 aromatic rings. The molecule has 0 saturated carbocycles. The fraction of sp³-hybridized carbons (Fsp3) is 0.526. The van der Waals surface area contributed by atoms with Gasteiger partial charge in [0.2, 0.25) is 5.91 Å². The molecule has 7 heteroatoms. The van der Waals surface area contributed by atoms with Crippen LogP contribution >= 0.6 is 11.8 Å². The van der Waals surface area contributed by atoms with E-state index in [0.29, 0.717) is 22.7 Å². The molecule has 6 nitrogen and oxygen atoms in total. The highest BCUT2D eigenvalue weighted by molar-refractivity contribution is 7.99. The van der Waals surface area contributed by atoms with Gasteiger partial charge in [0.1, 0.15) is 0 Å². The molecule has 1 N–H and O–H groups in total. The van der Waals surface area contributed by atoms with Crippen molar-refractivity contribution in [1.82, 2.24) is 14.9 Å². The lowest BCUT2D eigenvalue weighted by molar-refractivity contribution is -0.119. The molecule has 2 rings (SSSR count). The lowest BCUT2D eigenvalue weighted by atomic mass is 10.2. The van der Waals surface area contributed by atoms with Crippen molar-refractivity contribution >= 4 is 28.6 Å². The fourth-order valence-corrected chi connectivity index (χ4v) is 3.79. The summed E-state index contributed by atoms with van der Waals surface area (Å²) in [5, 5.41) is 4.09. The topological polar surface area (TPSA) is 73.2 Å². The number of hydrogen-bond donors (Lipinski definition) is 1. The quantitative estimate of drug-likeness (QED) is 0.537. The molecule has 2 atom stereocenters. The monoisotopic (exact) mass is 377 g/mol. The number of carbonyl (C=O) groups is 1. The summed E-state index contributed by atoms with van der Waals surface area (Å²) in [5.41, 5.74) is 0.531. The van der Waals surface area contributed by atoms with Gasteiger partial charge < -0.3 is 10.1 Å². The number of benzene rings is 1. The van der Waals surface area contributed by atoms with Crippen LogP contribution in [0.3, 0.4) is 0 Å². The van der Waals surface area contributed by atoms with Crippen molar-refractivity contribution in [3.63, 3.8) is 0 Å². The third-order valence-electron chi connectivity index (χ3n) is 4.09. The Bertz CT molecular complexity index is 806. The van der Waals surface area contributed by atoms with Crippen molar-refractivity contribution in [2.45, 2.75) is 50.9 Å². The molecule has 0 aliphatic rings. The van der Waals surface area contributed by atoms with Gasteiger partial charge in [0.25, 0.3) is 5.56 Å². The minimum Gasteiger partial charge on any atom is -0.383 e. The van der Waals surface area contributed by atoms with Gasteiger partial charge in [-0.1, -0.05) is 37.2 Å². The van der Waals surface area contributed by atoms with Crippen LogP contribution < -0.4 is 10.9 Å². The van der Waals surface area contributed by atoms with E-state index in [2.05, 4.69) is 17.2 Å². The van der Waals surface area contributed by atoms with Gasteiger partial charge in [-0.05, 0) is 32.4 Å². The molecule has 1 aromatic carbocycles. The average Bonchev–Trinajstić information content (AvgIpc) is 2.60. The largest absolute Gasteiger partial charge is 0.383 e. The number of hydrogen-bond acceptors (Lipinski definition) is 5. The number of ether oxygens (including phenoxy) is 1. The van der Waals surface area contributed by atoms with Crippen LogP contribution in [0.2, 0.25) is 0 Å². The third kappa shape index (κ3) is 5.08. The number of aromatic nitrogens is 2. The van der Waals surface area contributed by atoms with Crippen LogP contribution in [0.5, 0.6) is 0 Å². The zero-order chi connectivity index (χ0) is 19.1. The summed E-state index contributed by atoms with van der Waals surface area (Å²) in [6, 6.07) is 7.24. The van der Waals surface area contributed by atoms with E-state index in [1.165, 1.54) is 11.8 Å². The fourth-order valence-electron chi connectivity index (χ4n) is 2.88. The van der Waals surface area contributed by atoms with Gasteiger partial charge in [-0.3, -0.25) is 14.2 Å². The minimum atomic E-state index is -0.172. The van der Waals surface area contributed by atoms with E-state index in [0.717, 1.165) is 12.8 Å². The molecule has 0 aliphatic heterocycles. The number of rotatable bonds is 9. The van der Waals surface area contributed by atoms with Gasteiger partial charge in [0.15, 0.2) is 5.16 Å². The van der Waals surface area contributed by atoms with Crippen LogP contribution in [0.15, 0.2) is 34.2 Å². The van der Waals surface area contributed by atoms with E-state index in [-0.39, 0.29) is 29.3 Å². The summed E-state index contributed by atoms with van der Waals surface area (Å²) >= 11 is 1.28. The van der Waals surface area contributed by atoms with E-state index in [4.69, 9.17) is 4.74 Å². The lowest BCUT2D eigenvalue weighted by Crippen LogP contribution is -2.34. The molecule has 0 unspecified atom stereocenters. The van der Waals surface area contributed by atoms with Crippen LogP contribution in [0.4, 0.5) is 0 Å². The number of nitrogens with zero attached hydrogens (tertiary/aromatic N) is 2. The Morgan fingerprint density at radius 1 is 1.35 bits per heavy atom. The van der Waals surface area contributed by atoms with E-state index in [1.807, 2.05) is 32.0 Å². The maximum Gasteiger partial charge on any atom is 0.262 e. The second-order valence-corrected chi connectivity index (χ2v) is 7.38. The molecular formula is C19H27N3O3S. The standard InChI is InChI=1S/C19H27N3O3S/c1-5-8-13(2)20-17(23)12-26-19-21-16-10-7-6-9-15(16)18(24)22(19)14(3)11-25-4/h6-7,9-10,13-14H,5,8,11-12H2,1-4H3,(H,20,23)/t13-,14+/m0/s1. The first-order valence-electron chi connectivity index (χ1n) is 8.90. The zero-order valence-electron chi connectivity index (χ0n) is 15.8.